The maximum absolute atomic E-state index is 12.9. The van der Waals surface area contributed by atoms with Crippen LogP contribution in [0.4, 0.5) is 4.79 Å². The SMILES string of the molecule is CC1(C)OB(c2ccc(CC3=CC4COCC(C3)N4C(=O)OCc3ccccc3)cc2)OC1(C)C. The summed E-state index contributed by atoms with van der Waals surface area (Å²) in [4.78, 5) is 14.8. The average molecular weight is 475 g/mol. The molecular weight excluding hydrogens is 441 g/mol. The second-order valence-corrected chi connectivity index (χ2v) is 10.7. The highest BCUT2D eigenvalue weighted by Gasteiger charge is 2.51. The largest absolute Gasteiger partial charge is 0.494 e. The second-order valence-electron chi connectivity index (χ2n) is 10.7. The Morgan fingerprint density at radius 3 is 2.31 bits per heavy atom. The van der Waals surface area contributed by atoms with Crippen LogP contribution in [-0.4, -0.2) is 54.6 Å². The van der Waals surface area contributed by atoms with Crippen molar-refractivity contribution in [2.24, 2.45) is 0 Å². The summed E-state index contributed by atoms with van der Waals surface area (Å²) in [6, 6.07) is 18.2. The van der Waals surface area contributed by atoms with Crippen molar-refractivity contribution >= 4 is 18.7 Å². The fraction of sp³-hybridized carbons (Fsp3) is 0.464. The van der Waals surface area contributed by atoms with Gasteiger partial charge in [-0.2, -0.15) is 0 Å². The lowest BCUT2D eigenvalue weighted by Crippen LogP contribution is -2.56. The summed E-state index contributed by atoms with van der Waals surface area (Å²) in [5, 5.41) is 0. The Bertz CT molecular complexity index is 1070. The molecule has 2 aromatic rings. The Kier molecular flexibility index (Phi) is 6.51. The minimum Gasteiger partial charge on any atom is -0.445 e. The molecule has 0 aliphatic carbocycles. The van der Waals surface area contributed by atoms with Crippen LogP contribution in [-0.2, 0) is 31.8 Å². The van der Waals surface area contributed by atoms with Gasteiger partial charge in [-0.05, 0) is 57.1 Å². The Hall–Kier alpha value is -2.61. The molecule has 3 aliphatic rings. The molecule has 0 saturated carbocycles. The number of benzene rings is 2. The number of hydrogen-bond donors (Lipinski definition) is 0. The van der Waals surface area contributed by atoms with E-state index in [1.54, 1.807) is 0 Å². The maximum atomic E-state index is 12.9. The third-order valence-corrected chi connectivity index (χ3v) is 7.63. The highest BCUT2D eigenvalue weighted by Crippen LogP contribution is 2.36. The monoisotopic (exact) mass is 475 g/mol. The first-order chi connectivity index (χ1) is 16.7. The summed E-state index contributed by atoms with van der Waals surface area (Å²) in [6.07, 6.45) is 3.55. The zero-order valence-corrected chi connectivity index (χ0v) is 21.0. The Morgan fingerprint density at radius 1 is 0.971 bits per heavy atom. The van der Waals surface area contributed by atoms with Crippen molar-refractivity contribution in [2.75, 3.05) is 13.2 Å². The number of nitrogens with zero attached hydrogens (tertiary/aromatic N) is 1. The van der Waals surface area contributed by atoms with Gasteiger partial charge >= 0.3 is 13.2 Å². The fourth-order valence-electron chi connectivity index (χ4n) is 4.93. The molecule has 2 saturated heterocycles. The molecule has 2 atom stereocenters. The van der Waals surface area contributed by atoms with Crippen molar-refractivity contribution in [2.45, 2.75) is 70.4 Å². The number of hydrogen-bond acceptors (Lipinski definition) is 5. The van der Waals surface area contributed by atoms with Gasteiger partial charge in [-0.15, -0.1) is 0 Å². The summed E-state index contributed by atoms with van der Waals surface area (Å²) < 4.78 is 23.7. The van der Waals surface area contributed by atoms with E-state index < -0.39 is 0 Å². The highest BCUT2D eigenvalue weighted by atomic mass is 16.7. The maximum Gasteiger partial charge on any atom is 0.494 e. The van der Waals surface area contributed by atoms with E-state index in [4.69, 9.17) is 18.8 Å². The van der Waals surface area contributed by atoms with Crippen LogP contribution in [0.25, 0.3) is 0 Å². The van der Waals surface area contributed by atoms with Crippen molar-refractivity contribution in [3.05, 3.63) is 77.4 Å². The van der Waals surface area contributed by atoms with Crippen LogP contribution in [0.15, 0.2) is 66.2 Å². The molecule has 2 aromatic carbocycles. The van der Waals surface area contributed by atoms with Gasteiger partial charge in [-0.25, -0.2) is 4.79 Å². The first-order valence-electron chi connectivity index (χ1n) is 12.4. The normalized spacial score (nSPS) is 24.7. The number of amides is 1. The quantitative estimate of drug-likeness (QED) is 0.478. The number of carbonyl (C=O) groups excluding carboxylic acids is 1. The summed E-state index contributed by atoms with van der Waals surface area (Å²) in [7, 11) is -0.352. The van der Waals surface area contributed by atoms with E-state index in [1.165, 1.54) is 11.1 Å². The van der Waals surface area contributed by atoms with E-state index in [1.807, 2.05) is 35.2 Å². The number of carbonyl (C=O) groups is 1. The van der Waals surface area contributed by atoms with Gasteiger partial charge in [-0.1, -0.05) is 66.2 Å². The smallest absolute Gasteiger partial charge is 0.445 e. The molecule has 0 spiro atoms. The zero-order valence-electron chi connectivity index (χ0n) is 21.0. The molecule has 0 N–H and O–H groups in total. The summed E-state index contributed by atoms with van der Waals surface area (Å²) >= 11 is 0. The van der Waals surface area contributed by atoms with Crippen LogP contribution >= 0.6 is 0 Å². The van der Waals surface area contributed by atoms with Crippen molar-refractivity contribution in [3.8, 4) is 0 Å². The van der Waals surface area contributed by atoms with Gasteiger partial charge in [0.2, 0.25) is 0 Å². The molecule has 2 fully saturated rings. The number of fused-ring (bicyclic) bond motifs is 2. The lowest BCUT2D eigenvalue weighted by atomic mass is 9.78. The molecule has 0 radical (unpaired) electrons. The summed E-state index contributed by atoms with van der Waals surface area (Å²) in [5.74, 6) is 0. The van der Waals surface area contributed by atoms with Gasteiger partial charge in [-0.3, -0.25) is 4.90 Å². The van der Waals surface area contributed by atoms with Crippen LogP contribution in [0.2, 0.25) is 0 Å². The van der Waals surface area contributed by atoms with Crippen LogP contribution in [0.1, 0.15) is 45.2 Å². The minimum absolute atomic E-state index is 0.000971. The molecule has 6 nitrogen and oxygen atoms in total. The standard InChI is InChI=1S/C28H34BNO5/c1-27(2)28(3,4)35-29(34-27)23-12-10-20(11-13-23)14-22-15-24-18-32-19-25(16-22)30(24)26(31)33-17-21-8-6-5-7-9-21/h5-13,15,24-25H,14,16-19H2,1-4H3. The Morgan fingerprint density at radius 2 is 1.66 bits per heavy atom. The number of rotatable bonds is 5. The van der Waals surface area contributed by atoms with Gasteiger partial charge in [0, 0.05) is 0 Å². The molecule has 0 aromatic heterocycles. The molecule has 1 amide bonds. The zero-order chi connectivity index (χ0) is 24.6. The van der Waals surface area contributed by atoms with Crippen LogP contribution in [0.3, 0.4) is 0 Å². The molecule has 3 heterocycles. The van der Waals surface area contributed by atoms with Crippen LogP contribution in [0.5, 0.6) is 0 Å². The summed E-state index contributed by atoms with van der Waals surface area (Å²) in [6.45, 7) is 9.59. The number of ether oxygens (including phenoxy) is 2. The van der Waals surface area contributed by atoms with Crippen molar-refractivity contribution in [3.63, 3.8) is 0 Å². The Labute approximate surface area is 208 Å². The molecule has 7 heteroatoms. The number of morpholine rings is 1. The predicted octanol–water partition coefficient (Wildman–Crippen LogP) is 4.26. The summed E-state index contributed by atoms with van der Waals surface area (Å²) in [5.41, 5.74) is 3.88. The van der Waals surface area contributed by atoms with E-state index in [-0.39, 0.29) is 43.1 Å². The van der Waals surface area contributed by atoms with E-state index in [9.17, 15) is 4.79 Å². The van der Waals surface area contributed by atoms with E-state index in [0.717, 1.165) is 23.9 Å². The molecule has 5 rings (SSSR count). The lowest BCUT2D eigenvalue weighted by Gasteiger charge is -2.43. The molecule has 3 aliphatic heterocycles. The minimum atomic E-state index is -0.352. The third kappa shape index (κ3) is 5.04. The lowest BCUT2D eigenvalue weighted by molar-refractivity contribution is -0.0374. The van der Waals surface area contributed by atoms with E-state index in [2.05, 4.69) is 58.0 Å². The van der Waals surface area contributed by atoms with Crippen molar-refractivity contribution in [1.29, 1.82) is 0 Å². The van der Waals surface area contributed by atoms with Crippen molar-refractivity contribution < 1.29 is 23.6 Å². The first-order valence-corrected chi connectivity index (χ1v) is 12.4. The van der Waals surface area contributed by atoms with Gasteiger partial charge in [0.05, 0.1) is 36.5 Å². The highest BCUT2D eigenvalue weighted by molar-refractivity contribution is 6.62. The molecule has 184 valence electrons. The van der Waals surface area contributed by atoms with Gasteiger partial charge in [0.15, 0.2) is 0 Å². The Balaban J connectivity index is 1.22. The fourth-order valence-corrected chi connectivity index (χ4v) is 4.93. The predicted molar refractivity (Wildman–Crippen MR) is 135 cm³/mol. The molecule has 35 heavy (non-hydrogen) atoms. The van der Waals surface area contributed by atoms with E-state index in [0.29, 0.717) is 13.2 Å². The molecule has 2 bridgehead atoms. The average Bonchev–Trinajstić information content (AvgIpc) is 3.05. The van der Waals surface area contributed by atoms with E-state index >= 15 is 0 Å². The first kappa shape index (κ1) is 24.1. The van der Waals surface area contributed by atoms with Gasteiger partial charge in [0.25, 0.3) is 0 Å². The second kappa shape index (κ2) is 9.45. The van der Waals surface area contributed by atoms with Crippen LogP contribution in [0, 0.1) is 0 Å². The molecule has 2 unspecified atom stereocenters. The molecular formula is C28H34BNO5. The van der Waals surface area contributed by atoms with Gasteiger partial charge < -0.3 is 18.8 Å². The topological polar surface area (TPSA) is 57.2 Å². The van der Waals surface area contributed by atoms with Gasteiger partial charge in [0.1, 0.15) is 6.61 Å². The third-order valence-electron chi connectivity index (χ3n) is 7.63. The van der Waals surface area contributed by atoms with Crippen LogP contribution < -0.4 is 5.46 Å². The van der Waals surface area contributed by atoms with Crippen molar-refractivity contribution in [1.82, 2.24) is 4.90 Å².